The van der Waals surface area contributed by atoms with Gasteiger partial charge in [-0.15, -0.1) is 22.7 Å². The molecule has 5 heteroatoms. The lowest BCUT2D eigenvalue weighted by atomic mass is 10.3. The van der Waals surface area contributed by atoms with E-state index < -0.39 is 0 Å². The van der Waals surface area contributed by atoms with Crippen molar-refractivity contribution in [1.82, 2.24) is 4.98 Å². The summed E-state index contributed by atoms with van der Waals surface area (Å²) in [6.07, 6.45) is 0. The summed E-state index contributed by atoms with van der Waals surface area (Å²) in [6, 6.07) is 8.27. The molecule has 0 unspecified atom stereocenters. The Morgan fingerprint density at radius 1 is 1.33 bits per heavy atom. The highest BCUT2D eigenvalue weighted by Crippen LogP contribution is 2.26. The number of nitrogens with zero attached hydrogens (tertiary/aromatic N) is 1. The molecule has 1 aromatic carbocycles. The van der Waals surface area contributed by atoms with Crippen LogP contribution >= 0.6 is 34.3 Å². The monoisotopic (exact) mass is 294 g/mol. The Labute approximate surface area is 118 Å². The van der Waals surface area contributed by atoms with Gasteiger partial charge in [-0.25, -0.2) is 4.98 Å². The lowest BCUT2D eigenvalue weighted by Crippen LogP contribution is -1.96. The summed E-state index contributed by atoms with van der Waals surface area (Å²) < 4.78 is 1.22. The fraction of sp³-hybridized carbons (Fsp3) is 0.154. The highest BCUT2D eigenvalue weighted by molar-refractivity contribution is 7.18. The average Bonchev–Trinajstić information content (AvgIpc) is 2.90. The number of benzene rings is 1. The van der Waals surface area contributed by atoms with Crippen molar-refractivity contribution in [2.75, 3.05) is 5.32 Å². The van der Waals surface area contributed by atoms with Crippen LogP contribution in [0.25, 0.3) is 10.2 Å². The number of thiazole rings is 1. The molecular formula is C13H11ClN2S2. The number of thiophene rings is 1. The second-order valence-electron chi connectivity index (χ2n) is 4.00. The Hall–Kier alpha value is -1.10. The van der Waals surface area contributed by atoms with Crippen molar-refractivity contribution < 1.29 is 0 Å². The standard InChI is InChI=1S/C13H11ClN2S2/c1-8-16-12-3-2-10(5-13(12)18-8)15-6-11-4-9(14)7-17-11/h2-5,7,15H,6H2,1H3. The van der Waals surface area contributed by atoms with Crippen LogP contribution in [-0.2, 0) is 6.54 Å². The molecule has 0 fully saturated rings. The van der Waals surface area contributed by atoms with Crippen LogP contribution < -0.4 is 5.32 Å². The second-order valence-corrected chi connectivity index (χ2v) is 6.67. The van der Waals surface area contributed by atoms with Crippen molar-refractivity contribution in [3.63, 3.8) is 0 Å². The van der Waals surface area contributed by atoms with Crippen LogP contribution in [0.5, 0.6) is 0 Å². The number of halogens is 1. The molecular weight excluding hydrogens is 284 g/mol. The Bertz CT molecular complexity index is 687. The van der Waals surface area contributed by atoms with Crippen molar-refractivity contribution in [2.45, 2.75) is 13.5 Å². The summed E-state index contributed by atoms with van der Waals surface area (Å²) in [7, 11) is 0. The van der Waals surface area contributed by atoms with E-state index in [1.54, 1.807) is 22.7 Å². The van der Waals surface area contributed by atoms with Gasteiger partial charge in [0.15, 0.2) is 0 Å². The number of aromatic nitrogens is 1. The Kier molecular flexibility index (Phi) is 3.24. The van der Waals surface area contributed by atoms with E-state index in [1.165, 1.54) is 9.58 Å². The number of hydrogen-bond acceptors (Lipinski definition) is 4. The third kappa shape index (κ3) is 2.51. The minimum atomic E-state index is 0.806. The quantitative estimate of drug-likeness (QED) is 0.741. The summed E-state index contributed by atoms with van der Waals surface area (Å²) in [4.78, 5) is 5.69. The van der Waals surface area contributed by atoms with Crippen molar-refractivity contribution in [3.05, 3.63) is 44.6 Å². The van der Waals surface area contributed by atoms with E-state index in [0.717, 1.165) is 27.8 Å². The highest BCUT2D eigenvalue weighted by Gasteiger charge is 2.02. The third-order valence-corrected chi connectivity index (χ3v) is 4.80. The van der Waals surface area contributed by atoms with Crippen LogP contribution in [0.2, 0.25) is 5.02 Å². The molecule has 3 aromatic rings. The van der Waals surface area contributed by atoms with Crippen LogP contribution in [0.15, 0.2) is 29.6 Å². The zero-order valence-corrected chi connectivity index (χ0v) is 12.1. The summed E-state index contributed by atoms with van der Waals surface area (Å²) in [5, 5.41) is 7.27. The second kappa shape index (κ2) is 4.88. The van der Waals surface area contributed by atoms with Crippen LogP contribution in [0, 0.1) is 6.92 Å². The molecule has 2 aromatic heterocycles. The first-order chi connectivity index (χ1) is 8.70. The molecule has 0 amide bonds. The van der Waals surface area contributed by atoms with Gasteiger partial charge in [-0.3, -0.25) is 0 Å². The topological polar surface area (TPSA) is 24.9 Å². The Morgan fingerprint density at radius 2 is 2.22 bits per heavy atom. The van der Waals surface area contributed by atoms with E-state index >= 15 is 0 Å². The minimum Gasteiger partial charge on any atom is -0.380 e. The maximum atomic E-state index is 5.90. The van der Waals surface area contributed by atoms with Gasteiger partial charge < -0.3 is 5.32 Å². The van der Waals surface area contributed by atoms with E-state index in [9.17, 15) is 0 Å². The fourth-order valence-corrected chi connectivity index (χ4v) is 3.66. The SMILES string of the molecule is Cc1nc2ccc(NCc3cc(Cl)cs3)cc2s1. The molecule has 0 atom stereocenters. The zero-order valence-electron chi connectivity index (χ0n) is 9.74. The zero-order chi connectivity index (χ0) is 12.5. The summed E-state index contributed by atoms with van der Waals surface area (Å²) >= 11 is 9.29. The van der Waals surface area contributed by atoms with E-state index in [2.05, 4.69) is 28.5 Å². The minimum absolute atomic E-state index is 0.806. The number of nitrogens with one attached hydrogen (secondary N) is 1. The van der Waals surface area contributed by atoms with Gasteiger partial charge in [-0.2, -0.15) is 0 Å². The fourth-order valence-electron chi connectivity index (χ4n) is 1.79. The smallest absolute Gasteiger partial charge is 0.0907 e. The maximum absolute atomic E-state index is 5.90. The number of anilines is 1. The molecule has 0 saturated carbocycles. The molecule has 0 aliphatic carbocycles. The molecule has 0 saturated heterocycles. The first-order valence-electron chi connectivity index (χ1n) is 5.55. The van der Waals surface area contributed by atoms with Crippen LogP contribution in [0.1, 0.15) is 9.88 Å². The van der Waals surface area contributed by atoms with Gasteiger partial charge in [0, 0.05) is 22.5 Å². The van der Waals surface area contributed by atoms with Crippen LogP contribution in [0.4, 0.5) is 5.69 Å². The maximum Gasteiger partial charge on any atom is 0.0907 e. The highest BCUT2D eigenvalue weighted by atomic mass is 35.5. The average molecular weight is 295 g/mol. The number of rotatable bonds is 3. The number of fused-ring (bicyclic) bond motifs is 1. The normalized spacial score (nSPS) is 11.0. The predicted molar refractivity (Wildman–Crippen MR) is 81.0 cm³/mol. The van der Waals surface area contributed by atoms with E-state index in [0.29, 0.717) is 0 Å². The van der Waals surface area contributed by atoms with Crippen molar-refractivity contribution >= 4 is 50.2 Å². The molecule has 2 heterocycles. The van der Waals surface area contributed by atoms with E-state index in [1.807, 2.05) is 18.4 Å². The molecule has 0 aliphatic heterocycles. The van der Waals surface area contributed by atoms with E-state index in [4.69, 9.17) is 11.6 Å². The van der Waals surface area contributed by atoms with Gasteiger partial charge in [0.25, 0.3) is 0 Å². The van der Waals surface area contributed by atoms with E-state index in [-0.39, 0.29) is 0 Å². The molecule has 0 radical (unpaired) electrons. The van der Waals surface area contributed by atoms with Crippen molar-refractivity contribution in [2.24, 2.45) is 0 Å². The van der Waals surface area contributed by atoms with Crippen molar-refractivity contribution in [1.29, 1.82) is 0 Å². The molecule has 18 heavy (non-hydrogen) atoms. The molecule has 3 rings (SSSR count). The first-order valence-corrected chi connectivity index (χ1v) is 7.62. The van der Waals surface area contributed by atoms with Gasteiger partial charge in [-0.1, -0.05) is 11.6 Å². The molecule has 0 aliphatic rings. The molecule has 2 nitrogen and oxygen atoms in total. The van der Waals surface area contributed by atoms with Crippen LogP contribution in [-0.4, -0.2) is 4.98 Å². The number of hydrogen-bond donors (Lipinski definition) is 1. The van der Waals surface area contributed by atoms with Gasteiger partial charge in [0.05, 0.1) is 20.2 Å². The molecule has 0 spiro atoms. The Balaban J connectivity index is 1.78. The largest absolute Gasteiger partial charge is 0.380 e. The molecule has 92 valence electrons. The Morgan fingerprint density at radius 3 is 3.00 bits per heavy atom. The van der Waals surface area contributed by atoms with Crippen molar-refractivity contribution in [3.8, 4) is 0 Å². The molecule has 1 N–H and O–H groups in total. The summed E-state index contributed by atoms with van der Waals surface area (Å²) in [5.74, 6) is 0. The van der Waals surface area contributed by atoms with Gasteiger partial charge in [0.2, 0.25) is 0 Å². The predicted octanol–water partition coefficient (Wildman–Crippen LogP) is 4.93. The van der Waals surface area contributed by atoms with Gasteiger partial charge >= 0.3 is 0 Å². The lowest BCUT2D eigenvalue weighted by molar-refractivity contribution is 1.19. The first kappa shape index (κ1) is 12.0. The molecule has 0 bridgehead atoms. The summed E-state index contributed by atoms with van der Waals surface area (Å²) in [6.45, 7) is 2.84. The van der Waals surface area contributed by atoms with Crippen LogP contribution in [0.3, 0.4) is 0 Å². The lowest BCUT2D eigenvalue weighted by Gasteiger charge is -2.04. The number of aryl methyl sites for hydroxylation is 1. The van der Waals surface area contributed by atoms with Gasteiger partial charge in [-0.05, 0) is 31.2 Å². The van der Waals surface area contributed by atoms with Gasteiger partial charge in [0.1, 0.15) is 0 Å². The third-order valence-electron chi connectivity index (χ3n) is 2.58. The summed E-state index contributed by atoms with van der Waals surface area (Å²) in [5.41, 5.74) is 2.19.